The van der Waals surface area contributed by atoms with Crippen molar-refractivity contribution >= 4 is 0 Å². The van der Waals surface area contributed by atoms with Gasteiger partial charge in [-0.05, 0) is 12.8 Å². The third-order valence-electron chi connectivity index (χ3n) is 1.06. The van der Waals surface area contributed by atoms with Crippen LogP contribution in [0.3, 0.4) is 0 Å². The van der Waals surface area contributed by atoms with Crippen molar-refractivity contribution in [2.45, 2.75) is 32.6 Å². The molecule has 0 saturated heterocycles. The van der Waals surface area contributed by atoms with Crippen LogP contribution in [0.25, 0.3) is 0 Å². The summed E-state index contributed by atoms with van der Waals surface area (Å²) in [6.07, 6.45) is -2.72. The summed E-state index contributed by atoms with van der Waals surface area (Å²) >= 11 is 0. The molecule has 0 saturated carbocycles. The van der Waals surface area contributed by atoms with E-state index in [0.29, 0.717) is 13.0 Å². The fourth-order valence-corrected chi connectivity index (χ4v) is 0.505. The summed E-state index contributed by atoms with van der Waals surface area (Å²) in [6.45, 7) is 3.22. The lowest BCUT2D eigenvalue weighted by atomic mass is 10.4. The van der Waals surface area contributed by atoms with Gasteiger partial charge in [0.05, 0.1) is 6.67 Å². The molecule has 0 aliphatic carbocycles. The molecule has 0 radical (unpaired) electrons. The van der Waals surface area contributed by atoms with E-state index in [1.54, 1.807) is 0 Å². The van der Waals surface area contributed by atoms with E-state index in [1.165, 1.54) is 0 Å². The molecule has 0 N–H and O–H groups in total. The number of halogens is 5. The van der Waals surface area contributed by atoms with Crippen LogP contribution in [0, 0.1) is 0 Å². The molecule has 0 atom stereocenters. The number of hydrogen-bond donors (Lipinski definition) is 0. The number of rotatable bonds is 6. The number of alkyl halides is 5. The second-order valence-electron chi connectivity index (χ2n) is 2.44. The van der Waals surface area contributed by atoms with Crippen molar-refractivity contribution in [1.29, 1.82) is 0 Å². The van der Waals surface area contributed by atoms with Crippen LogP contribution in [-0.4, -0.2) is 26.3 Å². The fourth-order valence-electron chi connectivity index (χ4n) is 0.505. The normalized spacial score (nSPS) is 10.7. The van der Waals surface area contributed by atoms with Crippen molar-refractivity contribution in [2.24, 2.45) is 0 Å². The molecule has 0 unspecified atom stereocenters. The van der Waals surface area contributed by atoms with Gasteiger partial charge in [-0.1, -0.05) is 13.3 Å². The van der Waals surface area contributed by atoms with Crippen LogP contribution in [0.5, 0.6) is 0 Å². The van der Waals surface area contributed by atoms with E-state index >= 15 is 0 Å². The maximum Gasteiger partial charge on any atom is 0.559 e. The van der Waals surface area contributed by atoms with Crippen LogP contribution < -0.4 is 0 Å². The second-order valence-corrected chi connectivity index (χ2v) is 2.44. The largest absolute Gasteiger partial charge is 0.559 e. The Morgan fingerprint density at radius 3 is 1.79 bits per heavy atom. The van der Waals surface area contributed by atoms with E-state index in [0.717, 1.165) is 19.4 Å². The van der Waals surface area contributed by atoms with E-state index in [9.17, 15) is 22.0 Å². The summed E-state index contributed by atoms with van der Waals surface area (Å²) in [7, 11) is 0. The standard InChI is InChI=1S/C7H15FO.CF4/c1-2-3-6-9-7-4-5-8;2-1(3,4)5/h2-7H2,1H3;. The quantitative estimate of drug-likeness (QED) is 0.492. The van der Waals surface area contributed by atoms with Crippen LogP contribution in [0.2, 0.25) is 0 Å². The average Bonchev–Trinajstić information content (AvgIpc) is 2.01. The van der Waals surface area contributed by atoms with Crippen LogP contribution in [0.4, 0.5) is 22.0 Å². The van der Waals surface area contributed by atoms with Gasteiger partial charge >= 0.3 is 6.43 Å². The Morgan fingerprint density at radius 1 is 1.00 bits per heavy atom. The summed E-state index contributed by atoms with van der Waals surface area (Å²) in [5.74, 6) is 0. The van der Waals surface area contributed by atoms with Crippen LogP contribution in [0.15, 0.2) is 0 Å². The first-order chi connectivity index (χ1) is 6.41. The molecule has 0 fully saturated rings. The van der Waals surface area contributed by atoms with Crippen molar-refractivity contribution in [3.05, 3.63) is 0 Å². The Balaban J connectivity index is 0. The highest BCUT2D eigenvalue weighted by molar-refractivity contribution is 4.34. The van der Waals surface area contributed by atoms with Crippen molar-refractivity contribution < 1.29 is 26.7 Å². The molecule has 0 aromatic carbocycles. The van der Waals surface area contributed by atoms with Crippen molar-refractivity contribution in [1.82, 2.24) is 0 Å². The molecular weight excluding hydrogens is 207 g/mol. The maximum atomic E-state index is 11.4. The lowest BCUT2D eigenvalue weighted by Crippen LogP contribution is -1.96. The van der Waals surface area contributed by atoms with E-state index in [2.05, 4.69) is 6.92 Å². The van der Waals surface area contributed by atoms with E-state index in [-0.39, 0.29) is 6.67 Å². The molecule has 0 aliphatic rings. The molecule has 88 valence electrons. The average molecular weight is 222 g/mol. The summed E-state index contributed by atoms with van der Waals surface area (Å²) in [6, 6.07) is 0. The third-order valence-corrected chi connectivity index (χ3v) is 1.06. The van der Waals surface area contributed by atoms with Crippen molar-refractivity contribution in [3.63, 3.8) is 0 Å². The molecule has 0 amide bonds. The Kier molecular flexibility index (Phi) is 12.3. The third kappa shape index (κ3) is 41.5. The molecule has 0 aromatic heterocycles. The van der Waals surface area contributed by atoms with Crippen LogP contribution in [0.1, 0.15) is 26.2 Å². The fraction of sp³-hybridized carbons (Fsp3) is 1.00. The highest BCUT2D eigenvalue weighted by Gasteiger charge is 2.24. The molecule has 0 aliphatic heterocycles. The van der Waals surface area contributed by atoms with Gasteiger partial charge in [0.15, 0.2) is 0 Å². The van der Waals surface area contributed by atoms with Gasteiger partial charge in [-0.15, -0.1) is 17.6 Å². The smallest absolute Gasteiger partial charge is 0.381 e. The van der Waals surface area contributed by atoms with Crippen molar-refractivity contribution in [3.8, 4) is 0 Å². The predicted octanol–water partition coefficient (Wildman–Crippen LogP) is 3.64. The minimum absolute atomic E-state index is 0.258. The van der Waals surface area contributed by atoms with Crippen LogP contribution in [-0.2, 0) is 4.74 Å². The van der Waals surface area contributed by atoms with Crippen LogP contribution >= 0.6 is 0 Å². The minimum atomic E-state index is -5.50. The lowest BCUT2D eigenvalue weighted by molar-refractivity contribution is -0.237. The Morgan fingerprint density at radius 2 is 1.43 bits per heavy atom. The van der Waals surface area contributed by atoms with Gasteiger partial charge in [0.25, 0.3) is 0 Å². The minimum Gasteiger partial charge on any atom is -0.381 e. The van der Waals surface area contributed by atoms with Gasteiger partial charge in [-0.25, -0.2) is 0 Å². The van der Waals surface area contributed by atoms with Gasteiger partial charge < -0.3 is 4.74 Å². The Labute approximate surface area is 80.2 Å². The first-order valence-electron chi connectivity index (χ1n) is 4.31. The number of ether oxygens (including phenoxy) is 1. The summed E-state index contributed by atoms with van der Waals surface area (Å²) in [4.78, 5) is 0. The van der Waals surface area contributed by atoms with E-state index < -0.39 is 6.43 Å². The number of hydrogen-bond acceptors (Lipinski definition) is 1. The molecule has 0 spiro atoms. The van der Waals surface area contributed by atoms with Gasteiger partial charge in [-0.2, -0.15) is 0 Å². The van der Waals surface area contributed by atoms with E-state index in [4.69, 9.17) is 4.74 Å². The molecule has 6 heteroatoms. The van der Waals surface area contributed by atoms with E-state index in [1.807, 2.05) is 0 Å². The number of unbranched alkanes of at least 4 members (excludes halogenated alkanes) is 1. The molecule has 1 nitrogen and oxygen atoms in total. The zero-order valence-corrected chi connectivity index (χ0v) is 8.04. The highest BCUT2D eigenvalue weighted by atomic mass is 19.5. The Hall–Kier alpha value is -0.390. The first-order valence-corrected chi connectivity index (χ1v) is 4.31. The SMILES string of the molecule is CCCCOCCCF.FC(F)(F)F. The molecule has 0 bridgehead atoms. The molecule has 0 aromatic rings. The Bertz CT molecular complexity index is 92.4. The topological polar surface area (TPSA) is 9.23 Å². The van der Waals surface area contributed by atoms with Gasteiger partial charge in [0.1, 0.15) is 0 Å². The second kappa shape index (κ2) is 10.7. The predicted molar refractivity (Wildman–Crippen MR) is 43.5 cm³/mol. The van der Waals surface area contributed by atoms with Gasteiger partial charge in [-0.3, -0.25) is 4.39 Å². The van der Waals surface area contributed by atoms with Crippen molar-refractivity contribution in [2.75, 3.05) is 19.9 Å². The highest BCUT2D eigenvalue weighted by Crippen LogP contribution is 2.13. The monoisotopic (exact) mass is 222 g/mol. The molecule has 14 heavy (non-hydrogen) atoms. The zero-order chi connectivity index (χ0) is 11.4. The summed E-state index contributed by atoms with van der Waals surface area (Å²) in [5.41, 5.74) is 0. The molecule has 0 heterocycles. The first kappa shape index (κ1) is 16.1. The summed E-state index contributed by atoms with van der Waals surface area (Å²) in [5, 5.41) is 0. The van der Waals surface area contributed by atoms with Gasteiger partial charge in [0, 0.05) is 13.2 Å². The lowest BCUT2D eigenvalue weighted by Gasteiger charge is -1.98. The summed E-state index contributed by atoms with van der Waals surface area (Å²) < 4.78 is 55.2. The molecule has 0 rings (SSSR count). The zero-order valence-electron chi connectivity index (χ0n) is 8.04. The maximum absolute atomic E-state index is 11.4. The molecular formula is C8H15F5O. The van der Waals surface area contributed by atoms with Gasteiger partial charge in [0.2, 0.25) is 0 Å².